The van der Waals surface area contributed by atoms with Crippen molar-refractivity contribution >= 4 is 6.03 Å². The summed E-state index contributed by atoms with van der Waals surface area (Å²) in [5, 5.41) is 10.1. The van der Waals surface area contributed by atoms with Crippen LogP contribution in [0.4, 0.5) is 4.79 Å². The Hall–Kier alpha value is -2.50. The molecule has 0 saturated carbocycles. The zero-order valence-corrected chi connectivity index (χ0v) is 13.9. The highest BCUT2D eigenvalue weighted by Gasteiger charge is 2.03. The van der Waals surface area contributed by atoms with E-state index >= 15 is 0 Å². The van der Waals surface area contributed by atoms with Crippen LogP contribution in [-0.2, 0) is 19.9 Å². The molecule has 0 unspecified atom stereocenters. The number of nitrogens with zero attached hydrogens (tertiary/aromatic N) is 2. The van der Waals surface area contributed by atoms with Crippen LogP contribution in [0, 0.1) is 6.92 Å². The molecule has 0 fully saturated rings. The molecule has 6 heteroatoms. The molecule has 0 bridgehead atoms. The van der Waals surface area contributed by atoms with Gasteiger partial charge in [0.2, 0.25) is 0 Å². The topological polar surface area (TPSA) is 68.2 Å². The molecule has 2 N–H and O–H groups in total. The number of aryl methyl sites for hydroxylation is 2. The number of carbonyl (C=O) groups excluding carboxylic acids is 1. The summed E-state index contributed by atoms with van der Waals surface area (Å²) in [5.74, 6) is 0.837. The van der Waals surface area contributed by atoms with Crippen molar-refractivity contribution in [2.45, 2.75) is 19.8 Å². The fourth-order valence-corrected chi connectivity index (χ4v) is 2.24. The van der Waals surface area contributed by atoms with Gasteiger partial charge in [-0.1, -0.05) is 12.1 Å². The van der Waals surface area contributed by atoms with Gasteiger partial charge in [-0.05, 0) is 37.1 Å². The Labute approximate surface area is 136 Å². The predicted octanol–water partition coefficient (Wildman–Crippen LogP) is 1.82. The first-order valence-electron chi connectivity index (χ1n) is 7.72. The Balaban J connectivity index is 1.62. The molecular formula is C17H24N4O2. The molecular weight excluding hydrogens is 292 g/mol. The first-order chi connectivity index (χ1) is 11.1. The average Bonchev–Trinajstić information content (AvgIpc) is 2.86. The minimum atomic E-state index is -0.147. The lowest BCUT2D eigenvalue weighted by molar-refractivity contribution is 0.241. The molecule has 0 aliphatic rings. The molecule has 1 aromatic carbocycles. The number of aromatic nitrogens is 2. The maximum absolute atomic E-state index is 11.7. The lowest BCUT2D eigenvalue weighted by Gasteiger charge is -2.07. The van der Waals surface area contributed by atoms with E-state index in [9.17, 15) is 4.79 Å². The highest BCUT2D eigenvalue weighted by molar-refractivity contribution is 5.73. The molecule has 1 aromatic heterocycles. The van der Waals surface area contributed by atoms with E-state index in [4.69, 9.17) is 4.74 Å². The molecule has 2 aromatic rings. The summed E-state index contributed by atoms with van der Waals surface area (Å²) in [5.41, 5.74) is 3.27. The average molecular weight is 316 g/mol. The number of hydrogen-bond acceptors (Lipinski definition) is 3. The molecule has 2 amide bonds. The lowest BCUT2D eigenvalue weighted by atomic mass is 10.1. The monoisotopic (exact) mass is 316 g/mol. The number of ether oxygens (including phenoxy) is 1. The number of rotatable bonds is 7. The zero-order chi connectivity index (χ0) is 16.7. The molecule has 6 nitrogen and oxygen atoms in total. The maximum Gasteiger partial charge on any atom is 0.314 e. The van der Waals surface area contributed by atoms with E-state index in [1.165, 1.54) is 0 Å². The normalized spacial score (nSPS) is 10.4. The van der Waals surface area contributed by atoms with Crippen LogP contribution in [0.1, 0.15) is 17.0 Å². The number of hydrogen-bond donors (Lipinski definition) is 2. The highest BCUT2D eigenvalue weighted by Crippen LogP contribution is 2.11. The van der Waals surface area contributed by atoms with Crippen molar-refractivity contribution in [3.8, 4) is 5.75 Å². The summed E-state index contributed by atoms with van der Waals surface area (Å²) in [7, 11) is 3.56. The molecule has 2 rings (SSSR count). The second-order valence-electron chi connectivity index (χ2n) is 5.43. The fraction of sp³-hybridized carbons (Fsp3) is 0.412. The van der Waals surface area contributed by atoms with E-state index in [0.717, 1.165) is 35.5 Å². The van der Waals surface area contributed by atoms with Crippen molar-refractivity contribution in [2.24, 2.45) is 7.05 Å². The minimum Gasteiger partial charge on any atom is -0.497 e. The quantitative estimate of drug-likeness (QED) is 0.819. The van der Waals surface area contributed by atoms with E-state index in [2.05, 4.69) is 15.7 Å². The summed E-state index contributed by atoms with van der Waals surface area (Å²) in [6, 6.07) is 9.73. The number of benzene rings is 1. The zero-order valence-electron chi connectivity index (χ0n) is 13.9. The van der Waals surface area contributed by atoms with Crippen molar-refractivity contribution in [1.29, 1.82) is 0 Å². The third kappa shape index (κ3) is 5.32. The predicted molar refractivity (Wildman–Crippen MR) is 89.7 cm³/mol. The summed E-state index contributed by atoms with van der Waals surface area (Å²) in [4.78, 5) is 11.7. The van der Waals surface area contributed by atoms with E-state index in [1.807, 2.05) is 49.0 Å². The Bertz CT molecular complexity index is 615. The molecule has 0 aliphatic carbocycles. The van der Waals surface area contributed by atoms with Gasteiger partial charge < -0.3 is 15.4 Å². The van der Waals surface area contributed by atoms with Crippen molar-refractivity contribution in [3.63, 3.8) is 0 Å². The SMILES string of the molecule is COc1ccc(CCNC(=O)NCCc2cc(C)n(C)n2)cc1. The first kappa shape index (κ1) is 16.9. The molecule has 0 atom stereocenters. The Kier molecular flexibility index (Phi) is 6.02. The third-order valence-corrected chi connectivity index (χ3v) is 3.69. The van der Waals surface area contributed by atoms with Gasteiger partial charge in [-0.15, -0.1) is 0 Å². The van der Waals surface area contributed by atoms with Crippen LogP contribution in [0.2, 0.25) is 0 Å². The van der Waals surface area contributed by atoms with Gasteiger partial charge in [0.15, 0.2) is 0 Å². The van der Waals surface area contributed by atoms with Gasteiger partial charge in [0.25, 0.3) is 0 Å². The van der Waals surface area contributed by atoms with E-state index in [1.54, 1.807) is 7.11 Å². The molecule has 0 saturated heterocycles. The van der Waals surface area contributed by atoms with Crippen molar-refractivity contribution in [3.05, 3.63) is 47.3 Å². The molecule has 23 heavy (non-hydrogen) atoms. The molecule has 0 radical (unpaired) electrons. The first-order valence-corrected chi connectivity index (χ1v) is 7.72. The molecule has 0 spiro atoms. The fourth-order valence-electron chi connectivity index (χ4n) is 2.24. The number of methoxy groups -OCH3 is 1. The summed E-state index contributed by atoms with van der Waals surface area (Å²) in [6.07, 6.45) is 1.52. The number of carbonyl (C=O) groups is 1. The van der Waals surface area contributed by atoms with Crippen molar-refractivity contribution in [2.75, 3.05) is 20.2 Å². The van der Waals surface area contributed by atoms with Gasteiger partial charge in [0.05, 0.1) is 12.8 Å². The number of nitrogens with one attached hydrogen (secondary N) is 2. The molecule has 1 heterocycles. The van der Waals surface area contributed by atoms with Crippen molar-refractivity contribution in [1.82, 2.24) is 20.4 Å². The molecule has 0 aliphatic heterocycles. The van der Waals surface area contributed by atoms with E-state index in [-0.39, 0.29) is 6.03 Å². The van der Waals surface area contributed by atoms with Crippen LogP contribution in [0.3, 0.4) is 0 Å². The summed E-state index contributed by atoms with van der Waals surface area (Å²) in [6.45, 7) is 3.18. The van der Waals surface area contributed by atoms with Crippen molar-refractivity contribution < 1.29 is 9.53 Å². The van der Waals surface area contributed by atoms with Gasteiger partial charge in [-0.3, -0.25) is 4.68 Å². The van der Waals surface area contributed by atoms with Crippen LogP contribution in [-0.4, -0.2) is 36.0 Å². The van der Waals surface area contributed by atoms with Crippen LogP contribution in [0.15, 0.2) is 30.3 Å². The van der Waals surface area contributed by atoms with Gasteiger partial charge in [0, 0.05) is 32.3 Å². The summed E-state index contributed by atoms with van der Waals surface area (Å²) < 4.78 is 6.95. The smallest absolute Gasteiger partial charge is 0.314 e. The van der Waals surface area contributed by atoms with Crippen LogP contribution in [0.25, 0.3) is 0 Å². The van der Waals surface area contributed by atoms with Gasteiger partial charge >= 0.3 is 6.03 Å². The minimum absolute atomic E-state index is 0.147. The summed E-state index contributed by atoms with van der Waals surface area (Å²) >= 11 is 0. The largest absolute Gasteiger partial charge is 0.497 e. The Morgan fingerprint density at radius 1 is 1.17 bits per heavy atom. The Morgan fingerprint density at radius 3 is 2.39 bits per heavy atom. The molecule has 124 valence electrons. The van der Waals surface area contributed by atoms with Crippen LogP contribution in [0.5, 0.6) is 5.75 Å². The standard InChI is InChI=1S/C17H24N4O2/c1-13-12-15(20-21(13)2)9-11-19-17(22)18-10-8-14-4-6-16(23-3)7-5-14/h4-7,12H,8-11H2,1-3H3,(H2,18,19,22). The lowest BCUT2D eigenvalue weighted by Crippen LogP contribution is -2.37. The van der Waals surface area contributed by atoms with E-state index in [0.29, 0.717) is 13.1 Å². The maximum atomic E-state index is 11.7. The number of urea groups is 1. The number of amides is 2. The van der Waals surface area contributed by atoms with Gasteiger partial charge in [-0.25, -0.2) is 4.79 Å². The van der Waals surface area contributed by atoms with Crippen LogP contribution < -0.4 is 15.4 Å². The second kappa shape index (κ2) is 8.22. The van der Waals surface area contributed by atoms with E-state index < -0.39 is 0 Å². The third-order valence-electron chi connectivity index (χ3n) is 3.69. The second-order valence-corrected chi connectivity index (χ2v) is 5.43. The van der Waals surface area contributed by atoms with Gasteiger partial charge in [0.1, 0.15) is 5.75 Å². The highest BCUT2D eigenvalue weighted by atomic mass is 16.5. The van der Waals surface area contributed by atoms with Gasteiger partial charge in [-0.2, -0.15) is 5.10 Å². The Morgan fingerprint density at radius 2 is 1.83 bits per heavy atom. The van der Waals surface area contributed by atoms with Crippen LogP contribution >= 0.6 is 0 Å².